The molecule has 2 heteroatoms. The Morgan fingerprint density at radius 1 is 1.36 bits per heavy atom. The fourth-order valence-electron chi connectivity index (χ4n) is 1.73. The lowest BCUT2D eigenvalue weighted by molar-refractivity contribution is 0.142. The highest BCUT2D eigenvalue weighted by Gasteiger charge is 2.21. The first-order valence-electron chi connectivity index (χ1n) is 4.66. The third-order valence-corrected chi connectivity index (χ3v) is 2.86. The molecular weight excluding hydrogens is 136 g/mol. The van der Waals surface area contributed by atoms with Crippen molar-refractivity contribution in [2.75, 3.05) is 26.2 Å². The van der Waals surface area contributed by atoms with Crippen LogP contribution in [0.1, 0.15) is 20.3 Å². The molecule has 0 radical (unpaired) electrons. The lowest BCUT2D eigenvalue weighted by Crippen LogP contribution is -2.40. The van der Waals surface area contributed by atoms with Crippen molar-refractivity contribution in [2.24, 2.45) is 17.6 Å². The van der Waals surface area contributed by atoms with Crippen molar-refractivity contribution in [1.82, 2.24) is 4.90 Å². The van der Waals surface area contributed by atoms with Gasteiger partial charge in [0.25, 0.3) is 0 Å². The van der Waals surface area contributed by atoms with Gasteiger partial charge >= 0.3 is 0 Å². The molecule has 1 aliphatic heterocycles. The number of hydrogen-bond donors (Lipinski definition) is 1. The van der Waals surface area contributed by atoms with Gasteiger partial charge in [-0.3, -0.25) is 0 Å². The normalized spacial score (nSPS) is 34.1. The molecule has 2 nitrogen and oxygen atoms in total. The lowest BCUT2D eigenvalue weighted by Gasteiger charge is -2.34. The van der Waals surface area contributed by atoms with Gasteiger partial charge in [-0.1, -0.05) is 13.8 Å². The quantitative estimate of drug-likeness (QED) is 0.644. The van der Waals surface area contributed by atoms with Gasteiger partial charge in [-0.05, 0) is 24.8 Å². The topological polar surface area (TPSA) is 29.3 Å². The van der Waals surface area contributed by atoms with Gasteiger partial charge in [0.05, 0.1) is 0 Å². The molecule has 0 aromatic carbocycles. The predicted octanol–water partition coefficient (Wildman–Crippen LogP) is 0.923. The van der Waals surface area contributed by atoms with Crippen molar-refractivity contribution in [3.63, 3.8) is 0 Å². The summed E-state index contributed by atoms with van der Waals surface area (Å²) < 4.78 is 0. The molecule has 0 amide bonds. The summed E-state index contributed by atoms with van der Waals surface area (Å²) in [4.78, 5) is 2.48. The average molecular weight is 156 g/mol. The fourth-order valence-corrected chi connectivity index (χ4v) is 1.73. The number of hydrogen-bond acceptors (Lipinski definition) is 2. The predicted molar refractivity (Wildman–Crippen MR) is 48.4 cm³/mol. The molecule has 0 spiro atoms. The molecule has 66 valence electrons. The summed E-state index contributed by atoms with van der Waals surface area (Å²) in [5, 5.41) is 0. The molecule has 0 aliphatic carbocycles. The number of piperidine rings is 1. The van der Waals surface area contributed by atoms with Crippen LogP contribution in [0.2, 0.25) is 0 Å². The second-order valence-electron chi connectivity index (χ2n) is 3.83. The molecule has 0 bridgehead atoms. The molecule has 1 aliphatic rings. The first-order valence-corrected chi connectivity index (χ1v) is 4.66. The van der Waals surface area contributed by atoms with E-state index in [1.807, 2.05) is 0 Å². The molecular formula is C9H20N2. The minimum absolute atomic E-state index is 0.807. The zero-order valence-corrected chi connectivity index (χ0v) is 7.71. The molecule has 1 saturated heterocycles. The number of nitrogens with two attached hydrogens (primary N) is 1. The Bertz CT molecular complexity index is 114. The van der Waals surface area contributed by atoms with Crippen LogP contribution in [0.5, 0.6) is 0 Å². The van der Waals surface area contributed by atoms with Crippen molar-refractivity contribution in [1.29, 1.82) is 0 Å². The van der Waals surface area contributed by atoms with E-state index in [1.165, 1.54) is 19.5 Å². The maximum atomic E-state index is 5.50. The summed E-state index contributed by atoms with van der Waals surface area (Å²) in [6, 6.07) is 0. The third-order valence-electron chi connectivity index (χ3n) is 2.86. The van der Waals surface area contributed by atoms with Crippen molar-refractivity contribution < 1.29 is 0 Å². The van der Waals surface area contributed by atoms with Gasteiger partial charge in [-0.2, -0.15) is 0 Å². The maximum Gasteiger partial charge on any atom is 0.0105 e. The van der Waals surface area contributed by atoms with E-state index in [0.717, 1.165) is 24.9 Å². The number of nitrogens with zero attached hydrogens (tertiary/aromatic N) is 1. The highest BCUT2D eigenvalue weighted by Crippen LogP contribution is 2.21. The molecule has 0 aromatic rings. The smallest absolute Gasteiger partial charge is 0.0105 e. The summed E-state index contributed by atoms with van der Waals surface area (Å²) in [6.45, 7) is 9.08. The largest absolute Gasteiger partial charge is 0.329 e. The molecule has 0 saturated carbocycles. The summed E-state index contributed by atoms with van der Waals surface area (Å²) >= 11 is 0. The van der Waals surface area contributed by atoms with Gasteiger partial charge in [0.2, 0.25) is 0 Å². The van der Waals surface area contributed by atoms with Gasteiger partial charge in [-0.15, -0.1) is 0 Å². The van der Waals surface area contributed by atoms with Gasteiger partial charge < -0.3 is 10.6 Å². The van der Waals surface area contributed by atoms with Crippen molar-refractivity contribution >= 4 is 0 Å². The molecule has 0 aromatic heterocycles. The van der Waals surface area contributed by atoms with Crippen LogP contribution >= 0.6 is 0 Å². The van der Waals surface area contributed by atoms with Crippen LogP contribution in [0.15, 0.2) is 0 Å². The van der Waals surface area contributed by atoms with E-state index in [0.29, 0.717) is 0 Å². The van der Waals surface area contributed by atoms with Crippen LogP contribution in [0.4, 0.5) is 0 Å². The Labute approximate surface area is 69.8 Å². The first kappa shape index (κ1) is 9.01. The average Bonchev–Trinajstić information content (AvgIpc) is 1.98. The van der Waals surface area contributed by atoms with Crippen molar-refractivity contribution in [3.8, 4) is 0 Å². The molecule has 1 heterocycles. The SMILES string of the molecule is C[C@@H]1CCN(CCN)C[C@@H]1C. The second kappa shape index (κ2) is 4.07. The van der Waals surface area contributed by atoms with Gasteiger partial charge in [-0.25, -0.2) is 0 Å². The zero-order chi connectivity index (χ0) is 8.27. The van der Waals surface area contributed by atoms with E-state index in [9.17, 15) is 0 Å². The lowest BCUT2D eigenvalue weighted by atomic mass is 9.89. The maximum absolute atomic E-state index is 5.50. The highest BCUT2D eigenvalue weighted by molar-refractivity contribution is 4.74. The molecule has 2 atom stereocenters. The Balaban J connectivity index is 2.28. The standard InChI is InChI=1S/C9H20N2/c1-8-3-5-11(6-4-10)7-9(8)2/h8-9H,3-7,10H2,1-2H3/t8-,9+/m1/s1. The number of rotatable bonds is 2. The van der Waals surface area contributed by atoms with Gasteiger partial charge in [0.15, 0.2) is 0 Å². The van der Waals surface area contributed by atoms with Crippen LogP contribution < -0.4 is 5.73 Å². The highest BCUT2D eigenvalue weighted by atomic mass is 15.1. The third kappa shape index (κ3) is 2.46. The van der Waals surface area contributed by atoms with Crippen LogP contribution in [0.3, 0.4) is 0 Å². The van der Waals surface area contributed by atoms with Crippen LogP contribution in [-0.4, -0.2) is 31.1 Å². The molecule has 1 fully saturated rings. The summed E-state index contributed by atoms with van der Waals surface area (Å²) in [5.41, 5.74) is 5.50. The van der Waals surface area contributed by atoms with Crippen LogP contribution in [0, 0.1) is 11.8 Å². The van der Waals surface area contributed by atoms with Crippen LogP contribution in [-0.2, 0) is 0 Å². The minimum Gasteiger partial charge on any atom is -0.329 e. The minimum atomic E-state index is 0.807. The van der Waals surface area contributed by atoms with E-state index in [-0.39, 0.29) is 0 Å². The number of likely N-dealkylation sites (tertiary alicyclic amines) is 1. The molecule has 0 unspecified atom stereocenters. The van der Waals surface area contributed by atoms with Gasteiger partial charge in [0.1, 0.15) is 0 Å². The molecule has 1 rings (SSSR count). The van der Waals surface area contributed by atoms with Crippen molar-refractivity contribution in [2.45, 2.75) is 20.3 Å². The van der Waals surface area contributed by atoms with Crippen LogP contribution in [0.25, 0.3) is 0 Å². The fraction of sp³-hybridized carbons (Fsp3) is 1.00. The van der Waals surface area contributed by atoms with Crippen molar-refractivity contribution in [3.05, 3.63) is 0 Å². The molecule has 2 N–H and O–H groups in total. The first-order chi connectivity index (χ1) is 5.24. The Morgan fingerprint density at radius 3 is 2.64 bits per heavy atom. The molecule has 11 heavy (non-hydrogen) atoms. The van der Waals surface area contributed by atoms with E-state index in [4.69, 9.17) is 5.73 Å². The summed E-state index contributed by atoms with van der Waals surface area (Å²) in [7, 11) is 0. The van der Waals surface area contributed by atoms with E-state index < -0.39 is 0 Å². The monoisotopic (exact) mass is 156 g/mol. The van der Waals surface area contributed by atoms with Gasteiger partial charge in [0, 0.05) is 19.6 Å². The van der Waals surface area contributed by atoms with E-state index in [2.05, 4.69) is 18.7 Å². The second-order valence-corrected chi connectivity index (χ2v) is 3.83. The zero-order valence-electron chi connectivity index (χ0n) is 7.71. The Hall–Kier alpha value is -0.0800. The van der Waals surface area contributed by atoms with E-state index >= 15 is 0 Å². The Kier molecular flexibility index (Phi) is 3.34. The Morgan fingerprint density at radius 2 is 2.09 bits per heavy atom. The summed E-state index contributed by atoms with van der Waals surface area (Å²) in [5.74, 6) is 1.76. The summed E-state index contributed by atoms with van der Waals surface area (Å²) in [6.07, 6.45) is 1.35. The van der Waals surface area contributed by atoms with E-state index in [1.54, 1.807) is 0 Å².